The van der Waals surface area contributed by atoms with E-state index < -0.39 is 0 Å². The molecule has 0 aliphatic heterocycles. The topological polar surface area (TPSA) is 34.1 Å². The van der Waals surface area contributed by atoms with Crippen molar-refractivity contribution in [3.63, 3.8) is 0 Å². The van der Waals surface area contributed by atoms with E-state index in [2.05, 4.69) is 20.8 Å². The fourth-order valence-electron chi connectivity index (χ4n) is 3.75. The molecule has 0 unspecified atom stereocenters. The van der Waals surface area contributed by atoms with Crippen LogP contribution in [0.5, 0.6) is 0 Å². The van der Waals surface area contributed by atoms with Crippen molar-refractivity contribution in [2.75, 3.05) is 0 Å². The number of carbonyl (C=O) groups excluding carboxylic acids is 2. The van der Waals surface area contributed by atoms with Crippen LogP contribution in [-0.2, 0) is 9.59 Å². The van der Waals surface area contributed by atoms with Crippen LogP contribution in [0, 0.1) is 22.7 Å². The molecule has 2 nitrogen and oxygen atoms in total. The number of ketones is 1. The van der Waals surface area contributed by atoms with Gasteiger partial charge in [-0.3, -0.25) is 4.79 Å². The summed E-state index contributed by atoms with van der Waals surface area (Å²) in [7, 11) is 0. The van der Waals surface area contributed by atoms with Crippen molar-refractivity contribution in [1.82, 2.24) is 0 Å². The zero-order valence-electron chi connectivity index (χ0n) is 9.88. The molecule has 0 aromatic carbocycles. The molecular formula is C13H20O2. The van der Waals surface area contributed by atoms with Gasteiger partial charge < -0.3 is 4.79 Å². The van der Waals surface area contributed by atoms with Crippen molar-refractivity contribution in [2.45, 2.75) is 46.5 Å². The van der Waals surface area contributed by atoms with E-state index in [1.165, 1.54) is 0 Å². The molecular weight excluding hydrogens is 188 g/mol. The number of rotatable bonds is 2. The van der Waals surface area contributed by atoms with Crippen molar-refractivity contribution in [3.8, 4) is 0 Å². The SMILES string of the molecule is CC1(C)C(=O)[C@@]2(C)CC[C@@H]1C[C@@H]2CC=O. The van der Waals surface area contributed by atoms with Crippen LogP contribution in [0.4, 0.5) is 0 Å². The van der Waals surface area contributed by atoms with Crippen molar-refractivity contribution in [3.05, 3.63) is 0 Å². The smallest absolute Gasteiger partial charge is 0.144 e. The van der Waals surface area contributed by atoms with Gasteiger partial charge in [0.2, 0.25) is 0 Å². The van der Waals surface area contributed by atoms with Crippen LogP contribution in [0.15, 0.2) is 0 Å². The Labute approximate surface area is 91.4 Å². The number of hydrogen-bond donors (Lipinski definition) is 0. The minimum atomic E-state index is -0.223. The lowest BCUT2D eigenvalue weighted by Gasteiger charge is -2.56. The van der Waals surface area contributed by atoms with E-state index in [4.69, 9.17) is 0 Å². The van der Waals surface area contributed by atoms with Gasteiger partial charge in [-0.25, -0.2) is 0 Å². The Balaban J connectivity index is 2.34. The fourth-order valence-corrected chi connectivity index (χ4v) is 3.75. The minimum absolute atomic E-state index is 0.160. The maximum absolute atomic E-state index is 12.4. The van der Waals surface area contributed by atoms with Crippen molar-refractivity contribution in [1.29, 1.82) is 0 Å². The Kier molecular flexibility index (Phi) is 2.29. The van der Waals surface area contributed by atoms with Crippen molar-refractivity contribution in [2.24, 2.45) is 22.7 Å². The van der Waals surface area contributed by atoms with Gasteiger partial charge in [0.05, 0.1) is 0 Å². The van der Waals surface area contributed by atoms with Gasteiger partial charge >= 0.3 is 0 Å². The second-order valence-electron chi connectivity index (χ2n) is 6.04. The second-order valence-corrected chi connectivity index (χ2v) is 6.04. The molecule has 15 heavy (non-hydrogen) atoms. The highest BCUT2D eigenvalue weighted by Gasteiger charge is 2.58. The lowest BCUT2D eigenvalue weighted by Crippen LogP contribution is -2.57. The van der Waals surface area contributed by atoms with E-state index in [1.54, 1.807) is 0 Å². The molecule has 0 spiro atoms. The van der Waals surface area contributed by atoms with Crippen LogP contribution >= 0.6 is 0 Å². The largest absolute Gasteiger partial charge is 0.303 e. The third kappa shape index (κ3) is 1.30. The Bertz CT molecular complexity index is 306. The number of carbonyl (C=O) groups is 2. The highest BCUT2D eigenvalue weighted by molar-refractivity contribution is 5.92. The number of aldehydes is 1. The fraction of sp³-hybridized carbons (Fsp3) is 0.846. The van der Waals surface area contributed by atoms with Gasteiger partial charge in [0.1, 0.15) is 12.1 Å². The Morgan fingerprint density at radius 1 is 1.40 bits per heavy atom. The van der Waals surface area contributed by atoms with E-state index in [0.29, 0.717) is 24.0 Å². The molecule has 0 saturated heterocycles. The molecule has 0 radical (unpaired) electrons. The molecule has 3 saturated carbocycles. The number of Topliss-reactive ketones (excluding diaryl/α,β-unsaturated/α-hetero) is 1. The van der Waals surface area contributed by atoms with Crippen molar-refractivity contribution < 1.29 is 9.59 Å². The molecule has 3 aliphatic carbocycles. The minimum Gasteiger partial charge on any atom is -0.303 e. The van der Waals surface area contributed by atoms with Gasteiger partial charge in [-0.2, -0.15) is 0 Å². The highest BCUT2D eigenvalue weighted by Crippen LogP contribution is 2.59. The summed E-state index contributed by atoms with van der Waals surface area (Å²) < 4.78 is 0. The molecule has 0 aromatic rings. The zero-order chi connectivity index (χ0) is 11.3. The van der Waals surface area contributed by atoms with Gasteiger partial charge in [-0.05, 0) is 31.1 Å². The van der Waals surface area contributed by atoms with Gasteiger partial charge in [0.15, 0.2) is 0 Å². The van der Waals surface area contributed by atoms with E-state index in [-0.39, 0.29) is 10.8 Å². The molecule has 84 valence electrons. The third-order valence-electron chi connectivity index (χ3n) is 4.99. The van der Waals surface area contributed by atoms with Gasteiger partial charge in [-0.15, -0.1) is 0 Å². The van der Waals surface area contributed by atoms with Crippen LogP contribution < -0.4 is 0 Å². The van der Waals surface area contributed by atoms with Gasteiger partial charge in [-0.1, -0.05) is 20.8 Å². The first-order valence-corrected chi connectivity index (χ1v) is 5.91. The maximum atomic E-state index is 12.4. The molecule has 3 atom stereocenters. The lowest BCUT2D eigenvalue weighted by molar-refractivity contribution is -0.161. The molecule has 0 N–H and O–H groups in total. The monoisotopic (exact) mass is 208 g/mol. The van der Waals surface area contributed by atoms with Crippen molar-refractivity contribution >= 4 is 12.1 Å². The summed E-state index contributed by atoms with van der Waals surface area (Å²) in [6, 6.07) is 0. The zero-order valence-corrected chi connectivity index (χ0v) is 9.88. The quantitative estimate of drug-likeness (QED) is 0.654. The predicted octanol–water partition coefficient (Wildman–Crippen LogP) is 2.61. The van der Waals surface area contributed by atoms with E-state index >= 15 is 0 Å². The molecule has 3 fully saturated rings. The summed E-state index contributed by atoms with van der Waals surface area (Å²) in [5.41, 5.74) is -0.383. The highest BCUT2D eigenvalue weighted by atomic mass is 16.1. The molecule has 0 aromatic heterocycles. The first-order chi connectivity index (χ1) is 6.93. The summed E-state index contributed by atoms with van der Waals surface area (Å²) in [6.45, 7) is 6.23. The molecule has 0 amide bonds. The number of fused-ring (bicyclic) bond motifs is 3. The molecule has 0 heterocycles. The third-order valence-corrected chi connectivity index (χ3v) is 4.99. The average molecular weight is 208 g/mol. The summed E-state index contributed by atoms with van der Waals surface area (Å²) >= 11 is 0. The number of hydrogen-bond acceptors (Lipinski definition) is 2. The normalized spacial score (nSPS) is 43.0. The molecule has 2 bridgehead atoms. The average Bonchev–Trinajstić information content (AvgIpc) is 2.18. The predicted molar refractivity (Wildman–Crippen MR) is 58.4 cm³/mol. The first-order valence-electron chi connectivity index (χ1n) is 5.91. The van der Waals surface area contributed by atoms with Gasteiger partial charge in [0.25, 0.3) is 0 Å². The molecule has 3 aliphatic rings. The van der Waals surface area contributed by atoms with E-state index in [9.17, 15) is 9.59 Å². The van der Waals surface area contributed by atoms with Crippen LogP contribution in [0.1, 0.15) is 46.5 Å². The Hall–Kier alpha value is -0.660. The summed E-state index contributed by atoms with van der Waals surface area (Å²) in [5.74, 6) is 1.19. The van der Waals surface area contributed by atoms with Gasteiger partial charge in [0, 0.05) is 17.3 Å². The summed E-state index contributed by atoms with van der Waals surface area (Å²) in [5, 5.41) is 0. The Morgan fingerprint density at radius 2 is 2.07 bits per heavy atom. The first kappa shape index (κ1) is 10.8. The molecule has 3 rings (SSSR count). The standard InChI is InChI=1S/C13H20O2/c1-12(2)9-4-6-13(3,11(12)15)10(8-9)5-7-14/h7,9-10H,4-6,8H2,1-3H3/t9-,10+,13+/m1/s1. The van der Waals surface area contributed by atoms with Crippen LogP contribution in [0.3, 0.4) is 0 Å². The molecule has 2 heteroatoms. The van der Waals surface area contributed by atoms with Crippen LogP contribution in [0.25, 0.3) is 0 Å². The van der Waals surface area contributed by atoms with E-state index in [0.717, 1.165) is 25.5 Å². The lowest BCUT2D eigenvalue weighted by atomic mass is 9.46. The van der Waals surface area contributed by atoms with Crippen LogP contribution in [-0.4, -0.2) is 12.1 Å². The van der Waals surface area contributed by atoms with E-state index in [1.807, 2.05) is 0 Å². The van der Waals surface area contributed by atoms with Crippen LogP contribution in [0.2, 0.25) is 0 Å². The maximum Gasteiger partial charge on any atom is 0.144 e. The Morgan fingerprint density at radius 3 is 2.67 bits per heavy atom. The summed E-state index contributed by atoms with van der Waals surface area (Å²) in [4.78, 5) is 23.0. The summed E-state index contributed by atoms with van der Waals surface area (Å²) in [6.07, 6.45) is 4.75. The second kappa shape index (κ2) is 3.16.